The standard InChI is InChI=1S/C28H27P/c1-20-15-16-21(2)26(19-20)27-22(3)17-18-23(4)28(27)29(24-11-7-5-8-12-24)25-13-9-6-10-14-25/h5-19H,1-4H3. The lowest BCUT2D eigenvalue weighted by Gasteiger charge is -2.26. The number of benzene rings is 4. The Morgan fingerprint density at radius 2 is 1.03 bits per heavy atom. The van der Waals surface area contributed by atoms with Gasteiger partial charge in [-0.1, -0.05) is 96.6 Å². The molecule has 1 heteroatoms. The highest BCUT2D eigenvalue weighted by Gasteiger charge is 2.24. The maximum atomic E-state index is 2.35. The Labute approximate surface area is 176 Å². The third-order valence-electron chi connectivity index (χ3n) is 5.50. The fourth-order valence-electron chi connectivity index (χ4n) is 3.99. The largest absolute Gasteiger partial charge is 0.0622 e. The Kier molecular flexibility index (Phi) is 5.65. The molecule has 0 radical (unpaired) electrons. The molecule has 0 spiro atoms. The highest BCUT2D eigenvalue weighted by Crippen LogP contribution is 2.40. The highest BCUT2D eigenvalue weighted by atomic mass is 31.1. The fourth-order valence-corrected chi connectivity index (χ4v) is 6.69. The first-order valence-electron chi connectivity index (χ1n) is 10.1. The zero-order valence-electron chi connectivity index (χ0n) is 17.6. The smallest absolute Gasteiger partial charge is 0.00406 e. The lowest BCUT2D eigenvalue weighted by molar-refractivity contribution is 1.36. The molecule has 0 fully saturated rings. The van der Waals surface area contributed by atoms with Crippen LogP contribution in [0.1, 0.15) is 22.3 Å². The molecule has 0 nitrogen and oxygen atoms in total. The van der Waals surface area contributed by atoms with Crippen LogP contribution in [0.5, 0.6) is 0 Å². The predicted octanol–water partition coefficient (Wildman–Crippen LogP) is 6.35. The molecule has 144 valence electrons. The van der Waals surface area contributed by atoms with E-state index in [0.29, 0.717) is 0 Å². The lowest BCUT2D eigenvalue weighted by atomic mass is 9.93. The Morgan fingerprint density at radius 1 is 0.517 bits per heavy atom. The zero-order valence-corrected chi connectivity index (χ0v) is 18.5. The van der Waals surface area contributed by atoms with Gasteiger partial charge >= 0.3 is 0 Å². The molecule has 0 aliphatic rings. The maximum absolute atomic E-state index is 2.35. The summed E-state index contributed by atoms with van der Waals surface area (Å²) in [5.74, 6) is 0. The third-order valence-corrected chi connectivity index (χ3v) is 8.16. The van der Waals surface area contributed by atoms with E-state index in [0.717, 1.165) is 0 Å². The van der Waals surface area contributed by atoms with Gasteiger partial charge in [-0.3, -0.25) is 0 Å². The molecule has 0 bridgehead atoms. The molecule has 0 unspecified atom stereocenters. The number of rotatable bonds is 4. The molecule has 4 aromatic carbocycles. The first-order valence-corrected chi connectivity index (χ1v) is 11.5. The molecular weight excluding hydrogens is 367 g/mol. The molecule has 0 atom stereocenters. The maximum Gasteiger partial charge on any atom is -0.00406 e. The van der Waals surface area contributed by atoms with Gasteiger partial charge in [0.15, 0.2) is 0 Å². The van der Waals surface area contributed by atoms with Crippen molar-refractivity contribution in [3.8, 4) is 11.1 Å². The van der Waals surface area contributed by atoms with Crippen LogP contribution in [0.4, 0.5) is 0 Å². The van der Waals surface area contributed by atoms with Gasteiger partial charge in [0.2, 0.25) is 0 Å². The summed E-state index contributed by atoms with van der Waals surface area (Å²) in [5.41, 5.74) is 8.12. The normalized spacial score (nSPS) is 11.1. The van der Waals surface area contributed by atoms with Gasteiger partial charge in [-0.2, -0.15) is 0 Å². The van der Waals surface area contributed by atoms with E-state index >= 15 is 0 Å². The molecule has 0 saturated carbocycles. The van der Waals surface area contributed by atoms with Crippen molar-refractivity contribution < 1.29 is 0 Å². The fraction of sp³-hybridized carbons (Fsp3) is 0.143. The van der Waals surface area contributed by atoms with Gasteiger partial charge < -0.3 is 0 Å². The van der Waals surface area contributed by atoms with E-state index in [9.17, 15) is 0 Å². The van der Waals surface area contributed by atoms with Crippen LogP contribution in [0.3, 0.4) is 0 Å². The van der Waals surface area contributed by atoms with E-state index in [2.05, 4.69) is 119 Å². The molecule has 0 aromatic heterocycles. The lowest BCUT2D eigenvalue weighted by Crippen LogP contribution is -2.24. The molecule has 0 aliphatic heterocycles. The molecule has 0 saturated heterocycles. The average molecular weight is 394 g/mol. The van der Waals surface area contributed by atoms with Crippen LogP contribution in [0, 0.1) is 27.7 Å². The van der Waals surface area contributed by atoms with E-state index < -0.39 is 7.92 Å². The summed E-state index contributed by atoms with van der Waals surface area (Å²) >= 11 is 0. The van der Waals surface area contributed by atoms with Gasteiger partial charge in [0.25, 0.3) is 0 Å². The Balaban J connectivity index is 2.07. The van der Waals surface area contributed by atoms with Crippen LogP contribution in [0.2, 0.25) is 0 Å². The van der Waals surface area contributed by atoms with Crippen molar-refractivity contribution in [2.75, 3.05) is 0 Å². The van der Waals surface area contributed by atoms with Gasteiger partial charge in [-0.15, -0.1) is 0 Å². The van der Waals surface area contributed by atoms with Gasteiger partial charge in [-0.25, -0.2) is 0 Å². The van der Waals surface area contributed by atoms with E-state index in [-0.39, 0.29) is 0 Å². The van der Waals surface area contributed by atoms with E-state index in [1.807, 2.05) is 0 Å². The Bertz CT molecular complexity index is 1090. The second-order valence-corrected chi connectivity index (χ2v) is 9.90. The number of hydrogen-bond acceptors (Lipinski definition) is 0. The van der Waals surface area contributed by atoms with Crippen molar-refractivity contribution in [3.63, 3.8) is 0 Å². The highest BCUT2D eigenvalue weighted by molar-refractivity contribution is 7.80. The van der Waals surface area contributed by atoms with Gasteiger partial charge in [-0.05, 0) is 79.3 Å². The van der Waals surface area contributed by atoms with Crippen molar-refractivity contribution in [2.45, 2.75) is 27.7 Å². The minimum Gasteiger partial charge on any atom is -0.0622 e. The molecule has 0 amide bonds. The Morgan fingerprint density at radius 3 is 1.62 bits per heavy atom. The summed E-state index contributed by atoms with van der Waals surface area (Å²) in [4.78, 5) is 0. The van der Waals surface area contributed by atoms with Crippen LogP contribution in [0.15, 0.2) is 91.0 Å². The summed E-state index contributed by atoms with van der Waals surface area (Å²) in [6.45, 7) is 8.94. The minimum absolute atomic E-state index is 0.649. The van der Waals surface area contributed by atoms with E-state index in [4.69, 9.17) is 0 Å². The third kappa shape index (κ3) is 3.91. The van der Waals surface area contributed by atoms with E-state index in [1.165, 1.54) is 49.3 Å². The quantitative estimate of drug-likeness (QED) is 0.354. The molecule has 4 rings (SSSR count). The van der Waals surface area contributed by atoms with Gasteiger partial charge in [0.1, 0.15) is 0 Å². The predicted molar refractivity (Wildman–Crippen MR) is 130 cm³/mol. The summed E-state index contributed by atoms with van der Waals surface area (Å²) < 4.78 is 0. The van der Waals surface area contributed by atoms with Crippen LogP contribution in [0.25, 0.3) is 11.1 Å². The van der Waals surface area contributed by atoms with Crippen LogP contribution < -0.4 is 15.9 Å². The summed E-state index contributed by atoms with van der Waals surface area (Å²) in [6.07, 6.45) is 0. The van der Waals surface area contributed by atoms with Crippen LogP contribution >= 0.6 is 7.92 Å². The van der Waals surface area contributed by atoms with Crippen molar-refractivity contribution >= 4 is 23.8 Å². The van der Waals surface area contributed by atoms with Crippen LogP contribution in [-0.4, -0.2) is 0 Å². The SMILES string of the molecule is Cc1ccc(C)c(-c2c(C)ccc(C)c2P(c2ccccc2)c2ccccc2)c1. The molecule has 0 heterocycles. The molecule has 0 aliphatic carbocycles. The number of hydrogen-bond donors (Lipinski definition) is 0. The van der Waals surface area contributed by atoms with Crippen LogP contribution in [-0.2, 0) is 0 Å². The van der Waals surface area contributed by atoms with Crippen molar-refractivity contribution in [2.24, 2.45) is 0 Å². The second-order valence-electron chi connectivity index (χ2n) is 7.75. The van der Waals surface area contributed by atoms with Gasteiger partial charge in [0, 0.05) is 0 Å². The number of aryl methyl sites for hydroxylation is 4. The molecule has 0 N–H and O–H groups in total. The van der Waals surface area contributed by atoms with Crippen molar-refractivity contribution in [1.82, 2.24) is 0 Å². The monoisotopic (exact) mass is 394 g/mol. The average Bonchev–Trinajstić information content (AvgIpc) is 2.74. The van der Waals surface area contributed by atoms with Gasteiger partial charge in [0.05, 0.1) is 0 Å². The summed E-state index contributed by atoms with van der Waals surface area (Å²) in [7, 11) is -0.649. The molecular formula is C28H27P. The molecule has 29 heavy (non-hydrogen) atoms. The van der Waals surface area contributed by atoms with Crippen molar-refractivity contribution in [3.05, 3.63) is 113 Å². The summed E-state index contributed by atoms with van der Waals surface area (Å²) in [5, 5.41) is 4.27. The minimum atomic E-state index is -0.649. The van der Waals surface area contributed by atoms with Crippen molar-refractivity contribution in [1.29, 1.82) is 0 Å². The molecule has 4 aromatic rings. The first kappa shape index (κ1) is 19.6. The first-order chi connectivity index (χ1) is 14.1. The second kappa shape index (κ2) is 8.36. The Hall–Kier alpha value is -2.69. The zero-order chi connectivity index (χ0) is 20.4. The topological polar surface area (TPSA) is 0 Å². The summed E-state index contributed by atoms with van der Waals surface area (Å²) in [6, 6.07) is 33.4. The van der Waals surface area contributed by atoms with E-state index in [1.54, 1.807) is 0 Å².